The molecule has 0 aliphatic rings. The first-order chi connectivity index (χ1) is 9.10. The molecule has 0 saturated carbocycles. The molecule has 0 fully saturated rings. The van der Waals surface area contributed by atoms with Crippen LogP contribution >= 0.6 is 0 Å². The largest absolute Gasteiger partial charge is 0.326 e. The Bertz CT molecular complexity index is 538. The molecule has 0 heterocycles. The Hall–Kier alpha value is -1.60. The second-order valence-corrected chi connectivity index (χ2v) is 5.64. The number of benzene rings is 2. The van der Waals surface area contributed by atoms with Crippen LogP contribution in [0, 0.1) is 12.8 Å². The van der Waals surface area contributed by atoms with Gasteiger partial charge in [0.2, 0.25) is 0 Å². The molecule has 2 N–H and O–H groups in total. The molecule has 0 aromatic heterocycles. The maximum absolute atomic E-state index is 5.78. The van der Waals surface area contributed by atoms with Crippen LogP contribution in [-0.2, 0) is 13.0 Å². The Balaban J connectivity index is 2.27. The number of aryl methyl sites for hydroxylation is 1. The van der Waals surface area contributed by atoms with E-state index >= 15 is 0 Å². The summed E-state index contributed by atoms with van der Waals surface area (Å²) in [4.78, 5) is 0. The monoisotopic (exact) mass is 253 g/mol. The zero-order valence-corrected chi connectivity index (χ0v) is 12.1. The minimum absolute atomic E-state index is 0.602. The van der Waals surface area contributed by atoms with Crippen molar-refractivity contribution in [2.75, 3.05) is 0 Å². The Kier molecular flexibility index (Phi) is 4.39. The zero-order chi connectivity index (χ0) is 13.8. The first-order valence-electron chi connectivity index (χ1n) is 6.99. The first-order valence-corrected chi connectivity index (χ1v) is 6.99. The summed E-state index contributed by atoms with van der Waals surface area (Å²) < 4.78 is 0. The molecule has 0 aliphatic carbocycles. The lowest BCUT2D eigenvalue weighted by Gasteiger charge is -2.09. The molecule has 2 rings (SSSR count). The predicted molar refractivity (Wildman–Crippen MR) is 83.0 cm³/mol. The highest BCUT2D eigenvalue weighted by molar-refractivity contribution is 5.65. The van der Waals surface area contributed by atoms with E-state index in [1.807, 2.05) is 0 Å². The van der Waals surface area contributed by atoms with E-state index in [2.05, 4.69) is 63.2 Å². The van der Waals surface area contributed by atoms with E-state index in [-0.39, 0.29) is 0 Å². The minimum Gasteiger partial charge on any atom is -0.326 e. The van der Waals surface area contributed by atoms with Crippen molar-refractivity contribution >= 4 is 0 Å². The second kappa shape index (κ2) is 6.03. The predicted octanol–water partition coefficient (Wildman–Crippen LogP) is 4.32. The van der Waals surface area contributed by atoms with Gasteiger partial charge in [-0.25, -0.2) is 0 Å². The summed E-state index contributed by atoms with van der Waals surface area (Å²) in [6.07, 6.45) is 1.14. The topological polar surface area (TPSA) is 26.0 Å². The van der Waals surface area contributed by atoms with Gasteiger partial charge < -0.3 is 5.73 Å². The van der Waals surface area contributed by atoms with Gasteiger partial charge in [-0.2, -0.15) is 0 Å². The Morgan fingerprint density at radius 2 is 1.58 bits per heavy atom. The molecule has 2 aromatic rings. The Labute approximate surface area is 116 Å². The molecule has 0 spiro atoms. The van der Waals surface area contributed by atoms with E-state index in [1.54, 1.807) is 0 Å². The molecule has 100 valence electrons. The molecule has 0 bridgehead atoms. The molecule has 0 saturated heterocycles. The number of hydrogen-bond donors (Lipinski definition) is 1. The molecule has 1 nitrogen and oxygen atoms in total. The van der Waals surface area contributed by atoms with Crippen LogP contribution in [0.25, 0.3) is 11.1 Å². The summed E-state index contributed by atoms with van der Waals surface area (Å²) in [7, 11) is 0. The number of hydrogen-bond acceptors (Lipinski definition) is 1. The van der Waals surface area contributed by atoms with Gasteiger partial charge in [-0.05, 0) is 53.1 Å². The summed E-state index contributed by atoms with van der Waals surface area (Å²) in [6, 6.07) is 15.4. The molecule has 2 aromatic carbocycles. The number of nitrogens with two attached hydrogens (primary N) is 1. The van der Waals surface area contributed by atoms with Crippen molar-refractivity contribution in [2.24, 2.45) is 11.7 Å². The molecule has 0 unspecified atom stereocenters. The SMILES string of the molecule is Cc1ccc(-c2ccc(CC(C)C)cc2)cc1CN. The van der Waals surface area contributed by atoms with Crippen molar-refractivity contribution in [3.63, 3.8) is 0 Å². The van der Waals surface area contributed by atoms with Gasteiger partial charge in [0, 0.05) is 6.54 Å². The fourth-order valence-corrected chi connectivity index (χ4v) is 2.38. The van der Waals surface area contributed by atoms with Crippen LogP contribution in [0.1, 0.15) is 30.5 Å². The van der Waals surface area contributed by atoms with Gasteiger partial charge in [0.15, 0.2) is 0 Å². The standard InChI is InChI=1S/C18H23N/c1-13(2)10-15-5-8-16(9-6-15)17-7-4-14(3)18(11-17)12-19/h4-9,11,13H,10,12,19H2,1-3H3. The van der Waals surface area contributed by atoms with E-state index in [4.69, 9.17) is 5.73 Å². The van der Waals surface area contributed by atoms with Crippen molar-refractivity contribution in [1.29, 1.82) is 0 Å². The van der Waals surface area contributed by atoms with Gasteiger partial charge in [0.1, 0.15) is 0 Å². The van der Waals surface area contributed by atoms with Crippen LogP contribution in [-0.4, -0.2) is 0 Å². The summed E-state index contributed by atoms with van der Waals surface area (Å²) in [5.41, 5.74) is 12.2. The highest BCUT2D eigenvalue weighted by atomic mass is 14.5. The zero-order valence-electron chi connectivity index (χ0n) is 12.1. The van der Waals surface area contributed by atoms with Crippen molar-refractivity contribution < 1.29 is 0 Å². The normalized spacial score (nSPS) is 11.0. The Morgan fingerprint density at radius 3 is 2.16 bits per heavy atom. The fourth-order valence-electron chi connectivity index (χ4n) is 2.38. The molecule has 0 amide bonds. The molecule has 1 heteroatoms. The third-order valence-corrected chi connectivity index (χ3v) is 3.50. The molecule has 0 atom stereocenters. The number of rotatable bonds is 4. The third-order valence-electron chi connectivity index (χ3n) is 3.50. The van der Waals surface area contributed by atoms with Crippen molar-refractivity contribution in [1.82, 2.24) is 0 Å². The van der Waals surface area contributed by atoms with E-state index in [0.717, 1.165) is 6.42 Å². The van der Waals surface area contributed by atoms with Crippen LogP contribution < -0.4 is 5.73 Å². The summed E-state index contributed by atoms with van der Waals surface area (Å²) in [5, 5.41) is 0. The van der Waals surface area contributed by atoms with E-state index in [0.29, 0.717) is 12.5 Å². The molecular formula is C18H23N. The smallest absolute Gasteiger partial charge is 0.0180 e. The maximum Gasteiger partial charge on any atom is 0.0180 e. The first kappa shape index (κ1) is 13.8. The molecule has 0 aliphatic heterocycles. The van der Waals surface area contributed by atoms with Crippen molar-refractivity contribution in [3.05, 3.63) is 59.2 Å². The molecular weight excluding hydrogens is 230 g/mol. The van der Waals surface area contributed by atoms with Crippen molar-refractivity contribution in [3.8, 4) is 11.1 Å². The third kappa shape index (κ3) is 3.45. The lowest BCUT2D eigenvalue weighted by Crippen LogP contribution is -1.99. The van der Waals surface area contributed by atoms with E-state index in [1.165, 1.54) is 27.8 Å². The van der Waals surface area contributed by atoms with Crippen LogP contribution in [0.15, 0.2) is 42.5 Å². The maximum atomic E-state index is 5.78. The lowest BCUT2D eigenvalue weighted by molar-refractivity contribution is 0.647. The van der Waals surface area contributed by atoms with Gasteiger partial charge in [-0.1, -0.05) is 50.2 Å². The van der Waals surface area contributed by atoms with Gasteiger partial charge in [0.05, 0.1) is 0 Å². The van der Waals surface area contributed by atoms with Crippen LogP contribution in [0.5, 0.6) is 0 Å². The average Bonchev–Trinajstić information content (AvgIpc) is 2.40. The van der Waals surface area contributed by atoms with Gasteiger partial charge in [0.25, 0.3) is 0 Å². The van der Waals surface area contributed by atoms with Crippen LogP contribution in [0.4, 0.5) is 0 Å². The molecule has 0 radical (unpaired) electrons. The van der Waals surface area contributed by atoms with E-state index < -0.39 is 0 Å². The Morgan fingerprint density at radius 1 is 0.947 bits per heavy atom. The lowest BCUT2D eigenvalue weighted by atomic mass is 9.97. The van der Waals surface area contributed by atoms with Crippen LogP contribution in [0.2, 0.25) is 0 Å². The molecule has 19 heavy (non-hydrogen) atoms. The quantitative estimate of drug-likeness (QED) is 0.863. The summed E-state index contributed by atoms with van der Waals surface area (Å²) in [6.45, 7) is 7.21. The second-order valence-electron chi connectivity index (χ2n) is 5.64. The van der Waals surface area contributed by atoms with Crippen LogP contribution in [0.3, 0.4) is 0 Å². The minimum atomic E-state index is 0.602. The highest BCUT2D eigenvalue weighted by Crippen LogP contribution is 2.23. The van der Waals surface area contributed by atoms with Gasteiger partial charge >= 0.3 is 0 Å². The van der Waals surface area contributed by atoms with Crippen molar-refractivity contribution in [2.45, 2.75) is 33.7 Å². The van der Waals surface area contributed by atoms with Gasteiger partial charge in [-0.3, -0.25) is 0 Å². The average molecular weight is 253 g/mol. The van der Waals surface area contributed by atoms with E-state index in [9.17, 15) is 0 Å². The van der Waals surface area contributed by atoms with Gasteiger partial charge in [-0.15, -0.1) is 0 Å². The summed E-state index contributed by atoms with van der Waals surface area (Å²) in [5.74, 6) is 0.703. The fraction of sp³-hybridized carbons (Fsp3) is 0.333. The summed E-state index contributed by atoms with van der Waals surface area (Å²) >= 11 is 0. The highest BCUT2D eigenvalue weighted by Gasteiger charge is 2.03.